The Morgan fingerprint density at radius 1 is 1.23 bits per heavy atom. The van der Waals surface area contributed by atoms with Gasteiger partial charge in [0.25, 0.3) is 0 Å². The van der Waals surface area contributed by atoms with Crippen LogP contribution in [-0.4, -0.2) is 37.1 Å². The Morgan fingerprint density at radius 2 is 1.85 bits per heavy atom. The van der Waals surface area contributed by atoms with Gasteiger partial charge >= 0.3 is 0 Å². The summed E-state index contributed by atoms with van der Waals surface area (Å²) in [5.74, 6) is 0.687. The number of aliphatic hydroxyl groups is 1. The maximum atomic E-state index is 9.85. The lowest BCUT2D eigenvalue weighted by Gasteiger charge is -2.41. The van der Waals surface area contributed by atoms with Crippen LogP contribution in [0, 0.1) is 11.8 Å². The summed E-state index contributed by atoms with van der Waals surface area (Å²) in [6.45, 7) is 6.71. The van der Waals surface area contributed by atoms with Crippen molar-refractivity contribution in [1.82, 2.24) is 0 Å². The van der Waals surface area contributed by atoms with Gasteiger partial charge in [-0.1, -0.05) is 13.8 Å². The van der Waals surface area contributed by atoms with E-state index >= 15 is 0 Å². The first-order valence-electron chi connectivity index (χ1n) is 4.90. The number of ether oxygens (including phenoxy) is 2. The minimum atomic E-state index is -0.397. The third-order valence-corrected chi connectivity index (χ3v) is 3.21. The highest BCUT2D eigenvalue weighted by Gasteiger charge is 2.38. The van der Waals surface area contributed by atoms with Crippen LogP contribution in [-0.2, 0) is 9.47 Å². The Balaban J connectivity index is 2.59. The topological polar surface area (TPSA) is 38.7 Å². The summed E-state index contributed by atoms with van der Waals surface area (Å²) in [5, 5.41) is 9.85. The predicted octanol–water partition coefficient (Wildman–Crippen LogP) is 1.05. The van der Waals surface area contributed by atoms with Crippen LogP contribution >= 0.6 is 0 Å². The van der Waals surface area contributed by atoms with Crippen LogP contribution in [0.1, 0.15) is 20.8 Å². The average Bonchev–Trinajstić information content (AvgIpc) is 2.11. The van der Waals surface area contributed by atoms with Crippen LogP contribution in [0.4, 0.5) is 0 Å². The molecule has 3 nitrogen and oxygen atoms in total. The molecule has 78 valence electrons. The number of hydrogen-bond acceptors (Lipinski definition) is 3. The molecule has 1 aliphatic heterocycles. The van der Waals surface area contributed by atoms with E-state index in [1.165, 1.54) is 0 Å². The Morgan fingerprint density at radius 3 is 2.38 bits per heavy atom. The first-order valence-corrected chi connectivity index (χ1v) is 4.90. The van der Waals surface area contributed by atoms with Gasteiger partial charge in [0.1, 0.15) is 6.10 Å². The van der Waals surface area contributed by atoms with Crippen molar-refractivity contribution in [2.45, 2.75) is 39.1 Å². The summed E-state index contributed by atoms with van der Waals surface area (Å²) in [6.07, 6.45) is -0.351. The van der Waals surface area contributed by atoms with Gasteiger partial charge in [0.05, 0.1) is 18.8 Å². The summed E-state index contributed by atoms with van der Waals surface area (Å²) in [5.41, 5.74) is 0. The molecule has 0 saturated carbocycles. The zero-order valence-electron chi connectivity index (χ0n) is 8.86. The van der Waals surface area contributed by atoms with Gasteiger partial charge in [0.15, 0.2) is 0 Å². The van der Waals surface area contributed by atoms with Crippen LogP contribution in [0.2, 0.25) is 0 Å². The van der Waals surface area contributed by atoms with Crippen LogP contribution in [0.25, 0.3) is 0 Å². The Kier molecular flexibility index (Phi) is 3.71. The molecule has 0 aromatic carbocycles. The second-order valence-corrected chi connectivity index (χ2v) is 4.04. The molecule has 1 heterocycles. The zero-order valence-corrected chi connectivity index (χ0v) is 8.86. The molecule has 1 saturated heterocycles. The van der Waals surface area contributed by atoms with Gasteiger partial charge in [-0.25, -0.2) is 0 Å². The molecule has 1 N–H and O–H groups in total. The Bertz CT molecular complexity index is 160. The van der Waals surface area contributed by atoms with Gasteiger partial charge in [-0.3, -0.25) is 0 Å². The van der Waals surface area contributed by atoms with E-state index in [1.807, 2.05) is 0 Å². The molecule has 13 heavy (non-hydrogen) atoms. The highest BCUT2D eigenvalue weighted by molar-refractivity contribution is 4.86. The fraction of sp³-hybridized carbons (Fsp3) is 1.00. The van der Waals surface area contributed by atoms with E-state index in [1.54, 1.807) is 7.11 Å². The molecule has 1 unspecified atom stereocenters. The van der Waals surface area contributed by atoms with E-state index in [4.69, 9.17) is 9.47 Å². The molecular formula is C10H20O3. The van der Waals surface area contributed by atoms with Gasteiger partial charge in [0.2, 0.25) is 0 Å². The van der Waals surface area contributed by atoms with Gasteiger partial charge in [-0.2, -0.15) is 0 Å². The number of methoxy groups -OCH3 is 1. The first-order chi connectivity index (χ1) is 6.07. The van der Waals surface area contributed by atoms with Crippen molar-refractivity contribution < 1.29 is 14.6 Å². The van der Waals surface area contributed by atoms with E-state index < -0.39 is 6.10 Å². The summed E-state index contributed by atoms with van der Waals surface area (Å²) < 4.78 is 10.6. The van der Waals surface area contributed by atoms with Crippen LogP contribution in [0.5, 0.6) is 0 Å². The zero-order chi connectivity index (χ0) is 10.0. The predicted molar refractivity (Wildman–Crippen MR) is 50.5 cm³/mol. The quantitative estimate of drug-likeness (QED) is 0.704. The van der Waals surface area contributed by atoms with Gasteiger partial charge in [-0.05, 0) is 18.8 Å². The SMILES string of the molecule is COC[C@H]1OC(C)[C@H](C)[C@H](C)[C@@H]1O. The van der Waals surface area contributed by atoms with E-state index in [0.29, 0.717) is 12.5 Å². The van der Waals surface area contributed by atoms with Crippen molar-refractivity contribution in [2.75, 3.05) is 13.7 Å². The molecule has 0 aromatic heterocycles. The smallest absolute Gasteiger partial charge is 0.107 e. The van der Waals surface area contributed by atoms with E-state index in [2.05, 4.69) is 20.8 Å². The maximum Gasteiger partial charge on any atom is 0.107 e. The molecule has 0 radical (unpaired) electrons. The monoisotopic (exact) mass is 188 g/mol. The van der Waals surface area contributed by atoms with Gasteiger partial charge in [-0.15, -0.1) is 0 Å². The summed E-state index contributed by atoms with van der Waals surface area (Å²) in [4.78, 5) is 0. The highest BCUT2D eigenvalue weighted by atomic mass is 16.5. The number of aliphatic hydroxyl groups excluding tert-OH is 1. The lowest BCUT2D eigenvalue weighted by molar-refractivity contribution is -0.177. The molecular weight excluding hydrogens is 168 g/mol. The minimum absolute atomic E-state index is 0.161. The fourth-order valence-electron chi connectivity index (χ4n) is 1.86. The molecule has 0 aromatic rings. The van der Waals surface area contributed by atoms with Crippen LogP contribution < -0.4 is 0 Å². The van der Waals surface area contributed by atoms with Crippen molar-refractivity contribution >= 4 is 0 Å². The molecule has 0 bridgehead atoms. The van der Waals surface area contributed by atoms with Gasteiger partial charge in [0, 0.05) is 7.11 Å². The van der Waals surface area contributed by atoms with E-state index in [-0.39, 0.29) is 18.1 Å². The molecule has 0 amide bonds. The Labute approximate surface area is 80.0 Å². The van der Waals surface area contributed by atoms with Crippen LogP contribution in [0.15, 0.2) is 0 Å². The average molecular weight is 188 g/mol. The van der Waals surface area contributed by atoms with Gasteiger partial charge < -0.3 is 14.6 Å². The lowest BCUT2D eigenvalue weighted by atomic mass is 9.82. The normalized spacial score (nSPS) is 46.4. The molecule has 1 aliphatic rings. The minimum Gasteiger partial charge on any atom is -0.390 e. The van der Waals surface area contributed by atoms with E-state index in [0.717, 1.165) is 0 Å². The number of rotatable bonds is 2. The molecule has 0 aliphatic carbocycles. The van der Waals surface area contributed by atoms with Crippen molar-refractivity contribution in [2.24, 2.45) is 11.8 Å². The third-order valence-electron chi connectivity index (χ3n) is 3.21. The standard InChI is InChI=1S/C10H20O3/c1-6-7(2)10(11)9(5-12-4)13-8(6)3/h6-11H,5H2,1-4H3/t6-,7+,8?,9-,10+/m1/s1. The molecule has 0 spiro atoms. The van der Waals surface area contributed by atoms with E-state index in [9.17, 15) is 5.11 Å². The summed E-state index contributed by atoms with van der Waals surface area (Å²) in [7, 11) is 1.63. The second kappa shape index (κ2) is 4.40. The molecule has 1 fully saturated rings. The largest absolute Gasteiger partial charge is 0.390 e. The van der Waals surface area contributed by atoms with Crippen molar-refractivity contribution in [1.29, 1.82) is 0 Å². The van der Waals surface area contributed by atoms with Crippen molar-refractivity contribution in [3.8, 4) is 0 Å². The molecule has 5 atom stereocenters. The summed E-state index contributed by atoms with van der Waals surface area (Å²) in [6, 6.07) is 0. The lowest BCUT2D eigenvalue weighted by Crippen LogP contribution is -2.49. The third kappa shape index (κ3) is 2.22. The second-order valence-electron chi connectivity index (χ2n) is 4.04. The van der Waals surface area contributed by atoms with Crippen LogP contribution in [0.3, 0.4) is 0 Å². The highest BCUT2D eigenvalue weighted by Crippen LogP contribution is 2.30. The molecule has 3 heteroatoms. The first kappa shape index (κ1) is 11.0. The molecule has 1 rings (SSSR count). The Hall–Kier alpha value is -0.120. The fourth-order valence-corrected chi connectivity index (χ4v) is 1.86. The van der Waals surface area contributed by atoms with Crippen molar-refractivity contribution in [3.63, 3.8) is 0 Å². The number of hydrogen-bond donors (Lipinski definition) is 1. The summed E-state index contributed by atoms with van der Waals surface area (Å²) >= 11 is 0. The maximum absolute atomic E-state index is 9.85. The van der Waals surface area contributed by atoms with Crippen molar-refractivity contribution in [3.05, 3.63) is 0 Å².